The summed E-state index contributed by atoms with van der Waals surface area (Å²) < 4.78 is 0. The fourth-order valence-corrected chi connectivity index (χ4v) is 3.26. The number of benzene rings is 1. The van der Waals surface area contributed by atoms with E-state index in [0.29, 0.717) is 29.2 Å². The van der Waals surface area contributed by atoms with Crippen molar-refractivity contribution in [3.8, 4) is 0 Å². The Bertz CT molecular complexity index is 804. The van der Waals surface area contributed by atoms with E-state index in [1.807, 2.05) is 6.92 Å². The average Bonchev–Trinajstić information content (AvgIpc) is 2.64. The van der Waals surface area contributed by atoms with Crippen molar-refractivity contribution in [3.05, 3.63) is 46.9 Å². The predicted octanol–water partition coefficient (Wildman–Crippen LogP) is 4.65. The summed E-state index contributed by atoms with van der Waals surface area (Å²) >= 11 is 0. The molecule has 0 fully saturated rings. The number of nitrogens with one attached hydrogen (secondary N) is 2. The fraction of sp³-hybridized carbons (Fsp3) is 0.522. The van der Waals surface area contributed by atoms with E-state index in [2.05, 4.69) is 85.5 Å². The lowest BCUT2D eigenvalue weighted by Gasteiger charge is -2.20. The Morgan fingerprint density at radius 1 is 1.07 bits per heavy atom. The highest BCUT2D eigenvalue weighted by atomic mass is 16.1. The molecular weight excluding hydrogens is 362 g/mol. The van der Waals surface area contributed by atoms with Crippen LogP contribution in [0.1, 0.15) is 73.4 Å². The zero-order valence-corrected chi connectivity index (χ0v) is 18.8. The number of hydrogen-bond acceptors (Lipinski definition) is 5. The van der Waals surface area contributed by atoms with E-state index < -0.39 is 0 Å². The second kappa shape index (κ2) is 10.3. The molecule has 0 bridgehead atoms. The van der Waals surface area contributed by atoms with Crippen LogP contribution in [0.5, 0.6) is 0 Å². The van der Waals surface area contributed by atoms with Gasteiger partial charge in [0.1, 0.15) is 17.3 Å². The second-order valence-electron chi connectivity index (χ2n) is 8.34. The molecule has 6 heteroatoms. The predicted molar refractivity (Wildman–Crippen MR) is 121 cm³/mol. The summed E-state index contributed by atoms with van der Waals surface area (Å²) in [4.78, 5) is 24.0. The highest BCUT2D eigenvalue weighted by molar-refractivity contribution is 6.04. The van der Waals surface area contributed by atoms with Gasteiger partial charge in [0.15, 0.2) is 0 Å². The number of aryl methyl sites for hydroxylation is 1. The Morgan fingerprint density at radius 2 is 1.69 bits per heavy atom. The summed E-state index contributed by atoms with van der Waals surface area (Å²) in [6.45, 7) is 12.2. The molecule has 0 spiro atoms. The number of rotatable bonds is 9. The summed E-state index contributed by atoms with van der Waals surface area (Å²) in [5.41, 5.74) is 3.55. The molecule has 0 atom stereocenters. The van der Waals surface area contributed by atoms with E-state index in [4.69, 9.17) is 0 Å². The molecule has 2 aromatic rings. The molecule has 1 amide bonds. The van der Waals surface area contributed by atoms with E-state index in [1.165, 1.54) is 0 Å². The minimum atomic E-state index is -0.207. The van der Waals surface area contributed by atoms with Crippen LogP contribution in [0.15, 0.2) is 24.3 Å². The van der Waals surface area contributed by atoms with Crippen molar-refractivity contribution in [2.75, 3.05) is 37.8 Å². The first-order valence-electron chi connectivity index (χ1n) is 10.4. The van der Waals surface area contributed by atoms with Crippen LogP contribution in [0, 0.1) is 6.92 Å². The zero-order chi connectivity index (χ0) is 21.6. The summed E-state index contributed by atoms with van der Waals surface area (Å²) in [5.74, 6) is 1.67. The van der Waals surface area contributed by atoms with Crippen molar-refractivity contribution in [1.29, 1.82) is 0 Å². The van der Waals surface area contributed by atoms with Crippen LogP contribution in [0.3, 0.4) is 0 Å². The van der Waals surface area contributed by atoms with E-state index in [9.17, 15) is 4.79 Å². The van der Waals surface area contributed by atoms with E-state index in [0.717, 1.165) is 36.3 Å². The van der Waals surface area contributed by atoms with E-state index in [-0.39, 0.29) is 5.91 Å². The molecule has 0 aliphatic carbocycles. The van der Waals surface area contributed by atoms with Crippen molar-refractivity contribution in [2.45, 2.75) is 52.9 Å². The number of amides is 1. The van der Waals surface area contributed by atoms with Crippen LogP contribution in [0.2, 0.25) is 0 Å². The van der Waals surface area contributed by atoms with E-state index in [1.54, 1.807) is 6.07 Å². The van der Waals surface area contributed by atoms with Gasteiger partial charge in [-0.25, -0.2) is 9.97 Å². The van der Waals surface area contributed by atoms with Gasteiger partial charge in [-0.05, 0) is 56.9 Å². The molecule has 0 saturated heterocycles. The molecule has 1 aromatic carbocycles. The fourth-order valence-electron chi connectivity index (χ4n) is 3.26. The Balaban J connectivity index is 2.23. The third kappa shape index (κ3) is 6.53. The lowest BCUT2D eigenvalue weighted by Crippen LogP contribution is -2.19. The molecule has 0 unspecified atom stereocenters. The molecule has 0 aliphatic heterocycles. The van der Waals surface area contributed by atoms with Crippen molar-refractivity contribution in [1.82, 2.24) is 14.9 Å². The first-order valence-corrected chi connectivity index (χ1v) is 10.4. The lowest BCUT2D eigenvalue weighted by atomic mass is 9.92. The maximum Gasteiger partial charge on any atom is 0.274 e. The van der Waals surface area contributed by atoms with Crippen LogP contribution in [0.4, 0.5) is 11.5 Å². The van der Waals surface area contributed by atoms with Gasteiger partial charge in [0.05, 0.1) is 0 Å². The number of aromatic nitrogens is 2. The van der Waals surface area contributed by atoms with Crippen LogP contribution < -0.4 is 10.6 Å². The van der Waals surface area contributed by atoms with Gasteiger partial charge in [0, 0.05) is 18.3 Å². The first kappa shape index (κ1) is 22.8. The largest absolute Gasteiger partial charge is 0.370 e. The van der Waals surface area contributed by atoms with Gasteiger partial charge in [-0.1, -0.05) is 45.9 Å². The van der Waals surface area contributed by atoms with Crippen molar-refractivity contribution in [2.24, 2.45) is 0 Å². The second-order valence-corrected chi connectivity index (χ2v) is 8.34. The standard InChI is InChI=1S/C23H35N5O/c1-15(2)18-10-8-11-19(16(3)4)22(18)27-23(29)20-14-21(26-17(5)25-20)24-12-9-13-28(6)7/h8,10-11,14-16H,9,12-13H2,1-7H3,(H,27,29)(H,24,25,26). The van der Waals surface area contributed by atoms with Gasteiger partial charge in [-0.15, -0.1) is 0 Å². The molecule has 2 rings (SSSR count). The molecular formula is C23H35N5O. The molecule has 158 valence electrons. The molecule has 29 heavy (non-hydrogen) atoms. The summed E-state index contributed by atoms with van der Waals surface area (Å²) in [5, 5.41) is 6.43. The molecule has 0 radical (unpaired) electrons. The number of para-hydroxylation sites is 1. The summed E-state index contributed by atoms with van der Waals surface area (Å²) in [6.07, 6.45) is 0.997. The van der Waals surface area contributed by atoms with E-state index >= 15 is 0 Å². The molecule has 6 nitrogen and oxygen atoms in total. The number of nitrogens with zero attached hydrogens (tertiary/aromatic N) is 3. The van der Waals surface area contributed by atoms with Crippen LogP contribution in [-0.4, -0.2) is 48.0 Å². The number of hydrogen-bond donors (Lipinski definition) is 2. The number of anilines is 2. The van der Waals surface area contributed by atoms with Gasteiger partial charge >= 0.3 is 0 Å². The average molecular weight is 398 g/mol. The molecule has 1 heterocycles. The maximum absolute atomic E-state index is 13.1. The van der Waals surface area contributed by atoms with Crippen LogP contribution >= 0.6 is 0 Å². The van der Waals surface area contributed by atoms with Gasteiger partial charge in [-0.3, -0.25) is 4.79 Å². The topological polar surface area (TPSA) is 70.2 Å². The monoisotopic (exact) mass is 397 g/mol. The van der Waals surface area contributed by atoms with Crippen molar-refractivity contribution < 1.29 is 4.79 Å². The third-order valence-electron chi connectivity index (χ3n) is 4.77. The molecule has 1 aromatic heterocycles. The smallest absolute Gasteiger partial charge is 0.274 e. The first-order chi connectivity index (χ1) is 13.7. The Morgan fingerprint density at radius 3 is 2.24 bits per heavy atom. The normalized spacial score (nSPS) is 11.4. The van der Waals surface area contributed by atoms with Gasteiger partial charge in [-0.2, -0.15) is 0 Å². The minimum Gasteiger partial charge on any atom is -0.370 e. The maximum atomic E-state index is 13.1. The SMILES string of the molecule is Cc1nc(NCCCN(C)C)cc(C(=O)Nc2c(C(C)C)cccc2C(C)C)n1. The summed E-state index contributed by atoms with van der Waals surface area (Å²) in [6, 6.07) is 7.94. The van der Waals surface area contributed by atoms with Gasteiger partial charge < -0.3 is 15.5 Å². The Kier molecular flexibility index (Phi) is 8.14. The molecule has 0 aliphatic rings. The Labute approximate surface area is 175 Å². The summed E-state index contributed by atoms with van der Waals surface area (Å²) in [7, 11) is 4.11. The van der Waals surface area contributed by atoms with Gasteiger partial charge in [0.25, 0.3) is 5.91 Å². The van der Waals surface area contributed by atoms with Crippen LogP contribution in [0.25, 0.3) is 0 Å². The zero-order valence-electron chi connectivity index (χ0n) is 18.8. The van der Waals surface area contributed by atoms with Gasteiger partial charge in [0.2, 0.25) is 0 Å². The van der Waals surface area contributed by atoms with Crippen molar-refractivity contribution in [3.63, 3.8) is 0 Å². The number of carbonyl (C=O) groups excluding carboxylic acids is 1. The van der Waals surface area contributed by atoms with Crippen molar-refractivity contribution >= 4 is 17.4 Å². The number of carbonyl (C=O) groups is 1. The minimum absolute atomic E-state index is 0.207. The third-order valence-corrected chi connectivity index (χ3v) is 4.77. The highest BCUT2D eigenvalue weighted by Gasteiger charge is 2.18. The quantitative estimate of drug-likeness (QED) is 0.603. The molecule has 2 N–H and O–H groups in total. The highest BCUT2D eigenvalue weighted by Crippen LogP contribution is 2.32. The lowest BCUT2D eigenvalue weighted by molar-refractivity contribution is 0.102. The Hall–Kier alpha value is -2.47. The van der Waals surface area contributed by atoms with Crippen LogP contribution in [-0.2, 0) is 0 Å². The molecule has 0 saturated carbocycles.